The van der Waals surface area contributed by atoms with E-state index in [1.54, 1.807) is 17.6 Å². The number of hydrogen-bond acceptors (Lipinski definition) is 10. The number of nitrogens with zero attached hydrogens (tertiary/aromatic N) is 3. The van der Waals surface area contributed by atoms with Crippen LogP contribution in [-0.4, -0.2) is 69.0 Å². The van der Waals surface area contributed by atoms with E-state index in [0.29, 0.717) is 43.7 Å². The third kappa shape index (κ3) is 6.59. The lowest BCUT2D eigenvalue weighted by molar-refractivity contribution is -0.172. The zero-order valence-corrected chi connectivity index (χ0v) is 29.5. The molecule has 4 amide bonds. The van der Waals surface area contributed by atoms with Gasteiger partial charge in [0, 0.05) is 41.6 Å². The molecule has 0 bridgehead atoms. The summed E-state index contributed by atoms with van der Waals surface area (Å²) >= 11 is 0. The van der Waals surface area contributed by atoms with Crippen LogP contribution < -0.4 is 16.2 Å². The first-order valence-electron chi connectivity index (χ1n) is 17.7. The lowest BCUT2D eigenvalue weighted by Crippen LogP contribution is -2.44. The second-order valence-electron chi connectivity index (χ2n) is 13.5. The van der Waals surface area contributed by atoms with Gasteiger partial charge in [-0.1, -0.05) is 31.5 Å². The molecule has 5 heterocycles. The average molecular weight is 722 g/mol. The molecule has 0 aliphatic carbocycles. The minimum atomic E-state index is -1.90. The van der Waals surface area contributed by atoms with E-state index in [2.05, 4.69) is 10.6 Å². The molecule has 14 heteroatoms. The first kappa shape index (κ1) is 35.7. The topological polar surface area (TPSA) is 186 Å². The Morgan fingerprint density at radius 1 is 0.981 bits per heavy atom. The van der Waals surface area contributed by atoms with Crippen molar-refractivity contribution in [2.75, 3.05) is 19.8 Å². The van der Waals surface area contributed by atoms with Crippen LogP contribution >= 0.6 is 0 Å². The van der Waals surface area contributed by atoms with E-state index in [1.807, 2.05) is 37.3 Å². The standard InChI is InChI=1S/C39H39N5O9/c1-3-39(51)28-16-30-36-26(18-44(30)37(49)27(28)20-53-38(39)50)22(2)35-25-15-23(8-9-24(25)10-11-29(35)42-36)19-52-21-41-32(46)17-40-31(45)7-5-4-6-14-43-33(47)12-13-34(43)48/h8-13,15-16,51H,3-7,14,17-21H2,1-2H3,(H,40,45)(H,41,46)/t39-/m0/s1. The Morgan fingerprint density at radius 2 is 1.75 bits per heavy atom. The number of amides is 4. The first-order valence-corrected chi connectivity index (χ1v) is 17.7. The summed E-state index contributed by atoms with van der Waals surface area (Å²) in [7, 11) is 0. The van der Waals surface area contributed by atoms with Crippen LogP contribution in [0.5, 0.6) is 0 Å². The Bertz CT molecular complexity index is 2290. The van der Waals surface area contributed by atoms with E-state index < -0.39 is 17.5 Å². The monoisotopic (exact) mass is 721 g/mol. The van der Waals surface area contributed by atoms with Gasteiger partial charge in [-0.2, -0.15) is 0 Å². The number of benzene rings is 2. The van der Waals surface area contributed by atoms with E-state index in [-0.39, 0.29) is 73.7 Å². The zero-order valence-electron chi connectivity index (χ0n) is 29.5. The molecule has 3 aliphatic rings. The number of nitrogens with one attached hydrogen (secondary N) is 2. The molecule has 0 spiro atoms. The highest BCUT2D eigenvalue weighted by atomic mass is 16.6. The van der Waals surface area contributed by atoms with Gasteiger partial charge in [-0.05, 0) is 66.3 Å². The molecule has 3 N–H and O–H groups in total. The van der Waals surface area contributed by atoms with Crippen LogP contribution in [0.25, 0.3) is 33.1 Å². The number of imide groups is 1. The summed E-state index contributed by atoms with van der Waals surface area (Å²) in [5.74, 6) is -2.05. The van der Waals surface area contributed by atoms with Crippen LogP contribution in [0.2, 0.25) is 0 Å². The van der Waals surface area contributed by atoms with Crippen LogP contribution in [0.1, 0.15) is 66.8 Å². The summed E-state index contributed by atoms with van der Waals surface area (Å²) in [6.45, 7) is 4.08. The summed E-state index contributed by atoms with van der Waals surface area (Å²) in [6, 6.07) is 11.6. The van der Waals surface area contributed by atoms with Gasteiger partial charge in [0.1, 0.15) is 13.3 Å². The minimum Gasteiger partial charge on any atom is -0.458 e. The second kappa shape index (κ2) is 14.4. The molecule has 0 radical (unpaired) electrons. The maximum absolute atomic E-state index is 13.6. The number of aromatic nitrogens is 2. The smallest absolute Gasteiger partial charge is 0.343 e. The molecule has 0 saturated heterocycles. The predicted octanol–water partition coefficient (Wildman–Crippen LogP) is 2.73. The number of ether oxygens (including phenoxy) is 2. The molecule has 7 rings (SSSR count). The molecule has 0 saturated carbocycles. The van der Waals surface area contributed by atoms with Crippen molar-refractivity contribution in [3.63, 3.8) is 0 Å². The van der Waals surface area contributed by atoms with Gasteiger partial charge in [0.05, 0.1) is 42.2 Å². The maximum atomic E-state index is 13.6. The molecule has 14 nitrogen and oxygen atoms in total. The van der Waals surface area contributed by atoms with Gasteiger partial charge < -0.3 is 29.8 Å². The van der Waals surface area contributed by atoms with E-state index in [1.165, 1.54) is 17.1 Å². The fourth-order valence-corrected chi connectivity index (χ4v) is 7.28. The van der Waals surface area contributed by atoms with Gasteiger partial charge in [-0.15, -0.1) is 0 Å². The molecule has 0 unspecified atom stereocenters. The Morgan fingerprint density at radius 3 is 2.53 bits per heavy atom. The predicted molar refractivity (Wildman–Crippen MR) is 192 cm³/mol. The van der Waals surface area contributed by atoms with E-state index >= 15 is 0 Å². The summed E-state index contributed by atoms with van der Waals surface area (Å²) in [5, 5.41) is 19.3. The van der Waals surface area contributed by atoms with Crippen molar-refractivity contribution in [3.8, 4) is 11.4 Å². The van der Waals surface area contributed by atoms with Crippen LogP contribution in [0, 0.1) is 6.92 Å². The van der Waals surface area contributed by atoms with Gasteiger partial charge in [0.25, 0.3) is 17.4 Å². The van der Waals surface area contributed by atoms with Crippen molar-refractivity contribution in [3.05, 3.63) is 86.7 Å². The van der Waals surface area contributed by atoms with Crippen LogP contribution in [0.4, 0.5) is 0 Å². The van der Waals surface area contributed by atoms with Crippen molar-refractivity contribution < 1.29 is 38.6 Å². The third-order valence-electron chi connectivity index (χ3n) is 10.3. The number of hydrogen-bond donors (Lipinski definition) is 3. The van der Waals surface area contributed by atoms with Crippen molar-refractivity contribution in [1.82, 2.24) is 25.1 Å². The molecule has 2 aromatic heterocycles. The minimum absolute atomic E-state index is 0.0556. The summed E-state index contributed by atoms with van der Waals surface area (Å²) in [4.78, 5) is 80.0. The van der Waals surface area contributed by atoms with Gasteiger partial charge in [0.2, 0.25) is 11.8 Å². The number of unbranched alkanes of at least 4 members (excludes halogenated alkanes) is 2. The highest BCUT2D eigenvalue weighted by molar-refractivity contribution is 6.13. The number of pyridine rings is 2. The molecular weight excluding hydrogens is 682 g/mol. The van der Waals surface area contributed by atoms with Gasteiger partial charge in [0.15, 0.2) is 5.60 Å². The van der Waals surface area contributed by atoms with Gasteiger partial charge in [-0.25, -0.2) is 9.78 Å². The lowest BCUT2D eigenvalue weighted by Gasteiger charge is -2.31. The number of rotatable bonds is 13. The number of carbonyl (C=O) groups excluding carboxylic acids is 5. The average Bonchev–Trinajstić information content (AvgIpc) is 3.69. The summed E-state index contributed by atoms with van der Waals surface area (Å²) in [5.41, 5.74) is 3.00. The molecule has 1 atom stereocenters. The molecule has 2 aromatic carbocycles. The second-order valence-corrected chi connectivity index (χ2v) is 13.5. The number of cyclic esters (lactones) is 1. The molecule has 53 heavy (non-hydrogen) atoms. The van der Waals surface area contributed by atoms with E-state index in [9.17, 15) is 33.9 Å². The lowest BCUT2D eigenvalue weighted by atomic mass is 9.86. The Hall–Kier alpha value is -5.73. The Labute approximate surface area is 303 Å². The number of aryl methyl sites for hydroxylation is 1. The zero-order chi connectivity index (χ0) is 37.4. The quantitative estimate of drug-likeness (QED) is 0.0537. The van der Waals surface area contributed by atoms with Crippen LogP contribution in [0.15, 0.2) is 53.3 Å². The van der Waals surface area contributed by atoms with Crippen LogP contribution in [-0.2, 0) is 58.8 Å². The fourth-order valence-electron chi connectivity index (χ4n) is 7.28. The summed E-state index contributed by atoms with van der Waals surface area (Å²) < 4.78 is 12.6. The molecule has 274 valence electrons. The number of aliphatic hydroxyl groups is 1. The normalized spacial score (nSPS) is 17.3. The third-order valence-corrected chi connectivity index (χ3v) is 10.3. The number of carbonyl (C=O) groups is 5. The summed E-state index contributed by atoms with van der Waals surface area (Å²) in [6.07, 6.45) is 4.62. The highest BCUT2D eigenvalue weighted by Gasteiger charge is 2.45. The largest absolute Gasteiger partial charge is 0.458 e. The van der Waals surface area contributed by atoms with E-state index in [0.717, 1.165) is 38.4 Å². The van der Waals surface area contributed by atoms with E-state index in [4.69, 9.17) is 14.5 Å². The maximum Gasteiger partial charge on any atom is 0.343 e. The first-order chi connectivity index (χ1) is 25.5. The van der Waals surface area contributed by atoms with Crippen LogP contribution in [0.3, 0.4) is 0 Å². The number of fused-ring (bicyclic) bond motifs is 7. The Balaban J connectivity index is 0.956. The van der Waals surface area contributed by atoms with Crippen molar-refractivity contribution in [2.45, 2.75) is 71.3 Å². The van der Waals surface area contributed by atoms with Gasteiger partial charge in [-0.3, -0.25) is 28.9 Å². The molecule has 0 fully saturated rings. The van der Waals surface area contributed by atoms with Gasteiger partial charge >= 0.3 is 5.97 Å². The van der Waals surface area contributed by atoms with Crippen molar-refractivity contribution in [2.24, 2.45) is 0 Å². The molecule has 3 aliphatic heterocycles. The SMILES string of the molecule is CC[C@@]1(O)C(=O)OCc2c1cc1n(c2=O)Cc2c-1nc1ccc3ccc(COCNC(=O)CNC(=O)CCCCCN4C(=O)C=CC4=O)cc3c1c2C. The highest BCUT2D eigenvalue weighted by Crippen LogP contribution is 2.41. The van der Waals surface area contributed by atoms with Crippen molar-refractivity contribution >= 4 is 51.3 Å². The molecular formula is C39H39N5O9. The number of esters is 1. The fraction of sp³-hybridized carbons (Fsp3) is 0.359. The van der Waals surface area contributed by atoms with Crippen molar-refractivity contribution in [1.29, 1.82) is 0 Å². The Kier molecular flexibility index (Phi) is 9.66. The molecule has 4 aromatic rings.